The number of hydrogen-bond acceptors (Lipinski definition) is 3. The van der Waals surface area contributed by atoms with Crippen molar-refractivity contribution < 1.29 is 18.8 Å². The fourth-order valence-electron chi connectivity index (χ4n) is 5.59. The highest BCUT2D eigenvalue weighted by Crippen LogP contribution is 2.17. The normalized spacial score (nSPS) is 12.3. The van der Waals surface area contributed by atoms with Crippen molar-refractivity contribution in [3.8, 4) is 5.75 Å². The third-order valence-corrected chi connectivity index (χ3v) is 7.92. The predicted molar refractivity (Wildman–Crippen MR) is 173 cm³/mol. The molecule has 1 atom stereocenters. The maximum Gasteiger partial charge on any atom is 0.314 e. The van der Waals surface area contributed by atoms with Crippen LogP contribution in [-0.2, 0) is 22.5 Å². The summed E-state index contributed by atoms with van der Waals surface area (Å²) in [6.45, 7) is 7.01. The van der Waals surface area contributed by atoms with Gasteiger partial charge >= 0.3 is 5.97 Å². The van der Waals surface area contributed by atoms with E-state index in [1.54, 1.807) is 0 Å². The minimum Gasteiger partial charge on any atom is -0.494 e. The molecule has 0 aliphatic rings. The Hall–Kier alpha value is -2.33. The minimum absolute atomic E-state index is 0.103. The van der Waals surface area contributed by atoms with Crippen LogP contribution in [0.15, 0.2) is 54.6 Å². The molecule has 0 amide bonds. The average molecular weight is 567 g/mol. The molecular formula is C37H60NO3+. The van der Waals surface area contributed by atoms with Gasteiger partial charge in [0.05, 0.1) is 33.9 Å². The van der Waals surface area contributed by atoms with Crippen LogP contribution in [0.25, 0.3) is 0 Å². The van der Waals surface area contributed by atoms with E-state index in [9.17, 15) is 4.79 Å². The van der Waals surface area contributed by atoms with Crippen molar-refractivity contribution in [2.75, 3.05) is 33.9 Å². The lowest BCUT2D eigenvalue weighted by Crippen LogP contribution is -2.44. The lowest BCUT2D eigenvalue weighted by molar-refractivity contribution is -0.905. The van der Waals surface area contributed by atoms with E-state index in [-0.39, 0.29) is 11.9 Å². The highest BCUT2D eigenvalue weighted by atomic mass is 16.5. The number of esters is 1. The fourth-order valence-corrected chi connectivity index (χ4v) is 5.59. The van der Waals surface area contributed by atoms with E-state index in [0.29, 0.717) is 13.2 Å². The highest BCUT2D eigenvalue weighted by molar-refractivity contribution is 5.72. The molecular weight excluding hydrogens is 506 g/mol. The van der Waals surface area contributed by atoms with Gasteiger partial charge in [-0.15, -0.1) is 0 Å². The Labute approximate surface area is 252 Å². The summed E-state index contributed by atoms with van der Waals surface area (Å²) in [5.74, 6) is 0.694. The number of carbonyl (C=O) groups excluding carboxylic acids is 1. The number of hydrogen-bond donors (Lipinski definition) is 0. The molecule has 1 unspecified atom stereocenters. The minimum atomic E-state index is -0.126. The summed E-state index contributed by atoms with van der Waals surface area (Å²) in [5.41, 5.74) is 2.68. The predicted octanol–water partition coefficient (Wildman–Crippen LogP) is 9.55. The molecule has 0 aliphatic heterocycles. The molecule has 0 saturated heterocycles. The number of nitrogens with zero attached hydrogens (tertiary/aromatic N) is 1. The van der Waals surface area contributed by atoms with Crippen LogP contribution >= 0.6 is 0 Å². The summed E-state index contributed by atoms with van der Waals surface area (Å²) in [7, 11) is 4.33. The summed E-state index contributed by atoms with van der Waals surface area (Å²) < 4.78 is 12.2. The zero-order valence-corrected chi connectivity index (χ0v) is 26.9. The van der Waals surface area contributed by atoms with Crippen molar-refractivity contribution in [1.82, 2.24) is 0 Å². The number of unbranched alkanes of at least 4 members (excludes halogenated alkanes) is 12. The first kappa shape index (κ1) is 34.9. The van der Waals surface area contributed by atoms with Crippen LogP contribution in [0.2, 0.25) is 0 Å². The Bertz CT molecular complexity index is 910. The number of rotatable bonds is 24. The third-order valence-electron chi connectivity index (χ3n) is 7.92. The third kappa shape index (κ3) is 17.3. The van der Waals surface area contributed by atoms with Gasteiger partial charge in [0, 0.05) is 5.56 Å². The maximum atomic E-state index is 12.5. The topological polar surface area (TPSA) is 35.5 Å². The van der Waals surface area contributed by atoms with Crippen LogP contribution in [0, 0.1) is 5.92 Å². The average Bonchev–Trinajstić information content (AvgIpc) is 2.96. The van der Waals surface area contributed by atoms with E-state index in [4.69, 9.17) is 9.47 Å². The van der Waals surface area contributed by atoms with Crippen molar-refractivity contribution in [1.29, 1.82) is 0 Å². The number of quaternary nitrogens is 1. The summed E-state index contributed by atoms with van der Waals surface area (Å²) in [5, 5.41) is 0. The smallest absolute Gasteiger partial charge is 0.314 e. The molecule has 2 aromatic rings. The van der Waals surface area contributed by atoms with E-state index >= 15 is 0 Å². The number of benzene rings is 2. The quantitative estimate of drug-likeness (QED) is 0.0721. The molecule has 0 aromatic heterocycles. The van der Waals surface area contributed by atoms with Crippen molar-refractivity contribution >= 4 is 5.97 Å². The summed E-state index contributed by atoms with van der Waals surface area (Å²) in [4.78, 5) is 12.5. The molecule has 0 heterocycles. The maximum absolute atomic E-state index is 12.5. The molecule has 2 aromatic carbocycles. The lowest BCUT2D eigenvalue weighted by Gasteiger charge is -2.31. The molecule has 230 valence electrons. The van der Waals surface area contributed by atoms with E-state index in [1.165, 1.54) is 88.2 Å². The summed E-state index contributed by atoms with van der Waals surface area (Å²) >= 11 is 0. The van der Waals surface area contributed by atoms with E-state index in [2.05, 4.69) is 69.6 Å². The lowest BCUT2D eigenvalue weighted by atomic mass is 10.0. The Kier molecular flexibility index (Phi) is 18.2. The fraction of sp³-hybridized carbons (Fsp3) is 0.649. The standard InChI is InChI=1S/C37H60NO3/c1-5-6-7-8-9-10-11-12-13-14-15-17-22-34-25-27-36(28-26-34)40-29-20-21-30-41-37(39)33(2)31-38(3,4)32-35-23-18-16-19-24-35/h16,18-19,23-28,33H,5-15,17,20-22,29-32H2,1-4H3/q+1. The number of carbonyl (C=O) groups is 1. The van der Waals surface area contributed by atoms with Gasteiger partial charge < -0.3 is 14.0 Å². The number of aryl methyl sites for hydroxylation is 1. The van der Waals surface area contributed by atoms with E-state index in [1.807, 2.05) is 13.0 Å². The molecule has 0 fully saturated rings. The largest absolute Gasteiger partial charge is 0.494 e. The summed E-state index contributed by atoms with van der Waals surface area (Å²) in [6, 6.07) is 19.0. The first-order valence-corrected chi connectivity index (χ1v) is 16.6. The molecule has 4 heteroatoms. The van der Waals surface area contributed by atoms with Crippen LogP contribution in [0.3, 0.4) is 0 Å². The van der Waals surface area contributed by atoms with Crippen LogP contribution in [0.5, 0.6) is 5.75 Å². The van der Waals surface area contributed by atoms with Gasteiger partial charge in [-0.25, -0.2) is 0 Å². The molecule has 0 bridgehead atoms. The first-order valence-electron chi connectivity index (χ1n) is 16.6. The molecule has 0 spiro atoms. The van der Waals surface area contributed by atoms with Crippen LogP contribution in [0.4, 0.5) is 0 Å². The van der Waals surface area contributed by atoms with Gasteiger partial charge in [0.2, 0.25) is 0 Å². The van der Waals surface area contributed by atoms with Gasteiger partial charge in [0.25, 0.3) is 0 Å². The zero-order valence-electron chi connectivity index (χ0n) is 26.9. The van der Waals surface area contributed by atoms with Gasteiger partial charge in [-0.05, 0) is 50.3 Å². The molecule has 41 heavy (non-hydrogen) atoms. The van der Waals surface area contributed by atoms with Crippen molar-refractivity contribution in [3.63, 3.8) is 0 Å². The van der Waals surface area contributed by atoms with Gasteiger partial charge in [-0.2, -0.15) is 0 Å². The SMILES string of the molecule is CCCCCCCCCCCCCCc1ccc(OCCCCOC(=O)C(C)C[N+](C)(C)Cc2ccccc2)cc1. The first-order chi connectivity index (χ1) is 19.9. The Balaban J connectivity index is 1.46. The Morgan fingerprint density at radius 3 is 1.85 bits per heavy atom. The second-order valence-electron chi connectivity index (χ2n) is 12.7. The molecule has 0 aliphatic carbocycles. The molecule has 0 N–H and O–H groups in total. The van der Waals surface area contributed by atoms with Gasteiger partial charge in [0.1, 0.15) is 18.2 Å². The van der Waals surface area contributed by atoms with Gasteiger partial charge in [-0.3, -0.25) is 4.79 Å². The Morgan fingerprint density at radius 2 is 1.24 bits per heavy atom. The second kappa shape index (κ2) is 21.4. The molecule has 4 nitrogen and oxygen atoms in total. The van der Waals surface area contributed by atoms with Crippen molar-refractivity contribution in [3.05, 3.63) is 65.7 Å². The van der Waals surface area contributed by atoms with Gasteiger partial charge in [-0.1, -0.05) is 120 Å². The van der Waals surface area contributed by atoms with Gasteiger partial charge in [0.15, 0.2) is 0 Å². The Morgan fingerprint density at radius 1 is 0.683 bits per heavy atom. The zero-order chi connectivity index (χ0) is 29.6. The highest BCUT2D eigenvalue weighted by Gasteiger charge is 2.25. The number of ether oxygens (including phenoxy) is 2. The van der Waals surface area contributed by atoms with Crippen molar-refractivity contribution in [2.24, 2.45) is 5.92 Å². The van der Waals surface area contributed by atoms with E-state index in [0.717, 1.165) is 42.6 Å². The van der Waals surface area contributed by atoms with E-state index < -0.39 is 0 Å². The van der Waals surface area contributed by atoms with Crippen LogP contribution < -0.4 is 4.74 Å². The molecule has 0 radical (unpaired) electrons. The molecule has 2 rings (SSSR count). The second-order valence-corrected chi connectivity index (χ2v) is 12.7. The monoisotopic (exact) mass is 566 g/mol. The summed E-state index contributed by atoms with van der Waals surface area (Å²) in [6.07, 6.45) is 19.5. The van der Waals surface area contributed by atoms with Crippen LogP contribution in [-0.4, -0.2) is 44.3 Å². The van der Waals surface area contributed by atoms with Crippen molar-refractivity contribution in [2.45, 2.75) is 117 Å². The van der Waals surface area contributed by atoms with Crippen LogP contribution in [0.1, 0.15) is 115 Å². The molecule has 0 saturated carbocycles.